The number of hydrogen-bond donors (Lipinski definition) is 1. The third kappa shape index (κ3) is 4.38. The first-order valence-corrected chi connectivity index (χ1v) is 9.78. The van der Waals surface area contributed by atoms with Gasteiger partial charge in [0.1, 0.15) is 6.33 Å². The van der Waals surface area contributed by atoms with E-state index in [9.17, 15) is 4.79 Å². The Kier molecular flexibility index (Phi) is 5.77. The number of fused-ring (bicyclic) bond motifs is 1. The van der Waals surface area contributed by atoms with Gasteiger partial charge in [-0.3, -0.25) is 4.79 Å². The Morgan fingerprint density at radius 2 is 1.93 bits per heavy atom. The largest absolute Gasteiger partial charge is 0.354 e. The van der Waals surface area contributed by atoms with E-state index in [1.165, 1.54) is 11.9 Å². The molecular formula is C22H29N5O. The van der Waals surface area contributed by atoms with Crippen LogP contribution in [0.2, 0.25) is 0 Å². The van der Waals surface area contributed by atoms with Crippen LogP contribution in [0.1, 0.15) is 56.1 Å². The van der Waals surface area contributed by atoms with Crippen molar-refractivity contribution < 1.29 is 4.79 Å². The molecular weight excluding hydrogens is 350 g/mol. The van der Waals surface area contributed by atoms with Crippen LogP contribution in [0.15, 0.2) is 36.7 Å². The number of carbonyl (C=O) groups excluding carboxylic acids is 1. The molecule has 0 fully saturated rings. The zero-order chi connectivity index (χ0) is 20.3. The van der Waals surface area contributed by atoms with Gasteiger partial charge >= 0.3 is 0 Å². The topological polar surface area (TPSA) is 72.2 Å². The Hall–Kier alpha value is -2.76. The molecule has 6 heteroatoms. The molecule has 0 saturated heterocycles. The predicted molar refractivity (Wildman–Crippen MR) is 110 cm³/mol. The molecule has 0 bridgehead atoms. The smallest absolute Gasteiger partial charge is 0.252 e. The van der Waals surface area contributed by atoms with Crippen LogP contribution in [-0.2, 0) is 16.6 Å². The zero-order valence-electron chi connectivity index (χ0n) is 17.4. The average molecular weight is 380 g/mol. The molecule has 0 spiro atoms. The Morgan fingerprint density at radius 3 is 2.64 bits per heavy atom. The number of hydrogen-bond acceptors (Lipinski definition) is 4. The van der Waals surface area contributed by atoms with Crippen LogP contribution in [0.3, 0.4) is 0 Å². The Bertz CT molecular complexity index is 962. The summed E-state index contributed by atoms with van der Waals surface area (Å²) < 4.78 is 1.73. The van der Waals surface area contributed by atoms with E-state index >= 15 is 0 Å². The van der Waals surface area contributed by atoms with Gasteiger partial charge < -0.3 is 5.32 Å². The van der Waals surface area contributed by atoms with Crippen LogP contribution >= 0.6 is 0 Å². The molecule has 3 aromatic rings. The van der Waals surface area contributed by atoms with Gasteiger partial charge in [0.15, 0.2) is 0 Å². The molecule has 0 radical (unpaired) electrons. The zero-order valence-corrected chi connectivity index (χ0v) is 17.4. The van der Waals surface area contributed by atoms with Gasteiger partial charge in [0.05, 0.1) is 0 Å². The third-order valence-corrected chi connectivity index (χ3v) is 5.37. The minimum Gasteiger partial charge on any atom is -0.354 e. The first-order valence-electron chi connectivity index (χ1n) is 9.78. The summed E-state index contributed by atoms with van der Waals surface area (Å²) in [5.74, 6) is 0.661. The monoisotopic (exact) mass is 379 g/mol. The number of aryl methyl sites for hydroxylation is 2. The number of carbonyl (C=O) groups is 1. The van der Waals surface area contributed by atoms with Crippen molar-refractivity contribution >= 4 is 11.7 Å². The second-order valence-corrected chi connectivity index (χ2v) is 8.16. The molecule has 1 atom stereocenters. The number of aromatic nitrogens is 4. The summed E-state index contributed by atoms with van der Waals surface area (Å²) >= 11 is 0. The minimum atomic E-state index is 0.00316. The Balaban J connectivity index is 1.59. The van der Waals surface area contributed by atoms with Gasteiger partial charge in [-0.15, -0.1) is 0 Å². The average Bonchev–Trinajstić information content (AvgIpc) is 3.10. The quantitative estimate of drug-likeness (QED) is 0.681. The van der Waals surface area contributed by atoms with E-state index in [2.05, 4.69) is 65.4 Å². The summed E-state index contributed by atoms with van der Waals surface area (Å²) in [6.07, 6.45) is 3.45. The van der Waals surface area contributed by atoms with E-state index in [-0.39, 0.29) is 17.4 Å². The summed E-state index contributed by atoms with van der Waals surface area (Å²) in [7, 11) is 0. The molecule has 1 aromatic carbocycles. The summed E-state index contributed by atoms with van der Waals surface area (Å²) in [6.45, 7) is 10.5. The van der Waals surface area contributed by atoms with E-state index in [0.717, 1.165) is 23.4 Å². The van der Waals surface area contributed by atoms with Gasteiger partial charge in [-0.05, 0) is 50.2 Å². The van der Waals surface area contributed by atoms with Crippen LogP contribution in [0.25, 0.3) is 5.78 Å². The number of rotatable bonds is 7. The minimum absolute atomic E-state index is 0.00316. The predicted octanol–water partition coefficient (Wildman–Crippen LogP) is 3.55. The fraction of sp³-hybridized carbons (Fsp3) is 0.455. The molecule has 0 unspecified atom stereocenters. The number of nitrogens with one attached hydrogen (secondary N) is 1. The molecule has 3 rings (SSSR count). The van der Waals surface area contributed by atoms with Crippen LogP contribution < -0.4 is 5.32 Å². The van der Waals surface area contributed by atoms with E-state index < -0.39 is 0 Å². The van der Waals surface area contributed by atoms with Crippen LogP contribution in [0.4, 0.5) is 0 Å². The summed E-state index contributed by atoms with van der Waals surface area (Å²) in [5, 5.41) is 7.36. The number of nitrogens with zero attached hydrogens (tertiary/aromatic N) is 4. The lowest BCUT2D eigenvalue weighted by atomic mass is 9.79. The first-order chi connectivity index (χ1) is 13.3. The van der Waals surface area contributed by atoms with Crippen LogP contribution in [-0.4, -0.2) is 31.5 Å². The van der Waals surface area contributed by atoms with Gasteiger partial charge in [0.25, 0.3) is 5.78 Å². The molecule has 0 aliphatic heterocycles. The molecule has 28 heavy (non-hydrogen) atoms. The number of benzene rings is 1. The van der Waals surface area contributed by atoms with Crippen molar-refractivity contribution in [3.63, 3.8) is 0 Å². The highest BCUT2D eigenvalue weighted by atomic mass is 16.1. The van der Waals surface area contributed by atoms with Gasteiger partial charge in [0, 0.05) is 23.9 Å². The summed E-state index contributed by atoms with van der Waals surface area (Å²) in [4.78, 5) is 21.1. The second-order valence-electron chi connectivity index (χ2n) is 8.16. The third-order valence-electron chi connectivity index (χ3n) is 5.37. The van der Waals surface area contributed by atoms with Crippen molar-refractivity contribution in [1.29, 1.82) is 0 Å². The van der Waals surface area contributed by atoms with E-state index in [1.807, 2.05) is 19.9 Å². The molecule has 6 nitrogen and oxygen atoms in total. The van der Waals surface area contributed by atoms with Gasteiger partial charge in [-0.2, -0.15) is 10.1 Å². The summed E-state index contributed by atoms with van der Waals surface area (Å²) in [6, 6.07) is 10.5. The van der Waals surface area contributed by atoms with Gasteiger partial charge in [-0.1, -0.05) is 44.2 Å². The maximum Gasteiger partial charge on any atom is 0.252 e. The molecule has 0 saturated carbocycles. The molecule has 0 aliphatic rings. The molecule has 2 heterocycles. The van der Waals surface area contributed by atoms with Crippen LogP contribution in [0, 0.1) is 13.8 Å². The lowest BCUT2D eigenvalue weighted by Crippen LogP contribution is -2.37. The van der Waals surface area contributed by atoms with Crippen molar-refractivity contribution in [2.24, 2.45) is 0 Å². The highest BCUT2D eigenvalue weighted by Gasteiger charge is 2.24. The maximum absolute atomic E-state index is 12.5. The lowest BCUT2D eigenvalue weighted by molar-refractivity contribution is -0.121. The normalized spacial score (nSPS) is 12.9. The summed E-state index contributed by atoms with van der Waals surface area (Å²) in [5.41, 5.74) is 4.25. The lowest BCUT2D eigenvalue weighted by Gasteiger charge is -2.29. The molecule has 1 amide bonds. The fourth-order valence-electron chi connectivity index (χ4n) is 3.93. The van der Waals surface area contributed by atoms with Crippen molar-refractivity contribution in [2.75, 3.05) is 0 Å². The highest BCUT2D eigenvalue weighted by molar-refractivity contribution is 5.76. The van der Waals surface area contributed by atoms with Crippen molar-refractivity contribution in [1.82, 2.24) is 24.9 Å². The van der Waals surface area contributed by atoms with Crippen molar-refractivity contribution in [3.8, 4) is 0 Å². The molecule has 148 valence electrons. The molecule has 2 aromatic heterocycles. The standard InChI is InChI=1S/C22H29N5O/c1-15(13-22(4,5)18-9-7-6-8-10-18)25-20(28)12-11-19-16(2)26-21-23-14-24-27(21)17(19)3/h6-10,14-15H,11-13H2,1-5H3,(H,25,28)/t15-/m1/s1. The first kappa shape index (κ1) is 20.0. The van der Waals surface area contributed by atoms with Gasteiger partial charge in [-0.25, -0.2) is 9.50 Å². The highest BCUT2D eigenvalue weighted by Crippen LogP contribution is 2.28. The van der Waals surface area contributed by atoms with E-state index in [1.54, 1.807) is 4.52 Å². The maximum atomic E-state index is 12.5. The van der Waals surface area contributed by atoms with E-state index in [4.69, 9.17) is 0 Å². The van der Waals surface area contributed by atoms with Crippen molar-refractivity contribution in [3.05, 3.63) is 59.2 Å². The van der Waals surface area contributed by atoms with Gasteiger partial charge in [0.2, 0.25) is 5.91 Å². The Morgan fingerprint density at radius 1 is 1.21 bits per heavy atom. The number of amides is 1. The SMILES string of the molecule is Cc1nc2ncnn2c(C)c1CCC(=O)N[C@H](C)CC(C)(C)c1ccccc1. The molecule has 0 aliphatic carbocycles. The Labute approximate surface area is 166 Å². The molecule has 1 N–H and O–H groups in total. The fourth-order valence-corrected chi connectivity index (χ4v) is 3.93. The van der Waals surface area contributed by atoms with Crippen LogP contribution in [0.5, 0.6) is 0 Å². The second kappa shape index (κ2) is 8.09. The van der Waals surface area contributed by atoms with E-state index in [0.29, 0.717) is 18.6 Å². The van der Waals surface area contributed by atoms with Crippen molar-refractivity contribution in [2.45, 2.75) is 65.3 Å².